The molecule has 1 aromatic rings. The highest BCUT2D eigenvalue weighted by molar-refractivity contribution is 5.45. The van der Waals surface area contributed by atoms with E-state index in [1.54, 1.807) is 19.2 Å². The molecule has 0 spiro atoms. The summed E-state index contributed by atoms with van der Waals surface area (Å²) in [6, 6.07) is 5.03. The molecule has 78 valence electrons. The monoisotopic (exact) mass is 195 g/mol. The van der Waals surface area contributed by atoms with Gasteiger partial charge in [0.1, 0.15) is 11.5 Å². The topological polar surface area (TPSA) is 55.5 Å². The van der Waals surface area contributed by atoms with Crippen LogP contribution in [0.1, 0.15) is 31.4 Å². The second-order valence-electron chi connectivity index (χ2n) is 3.29. The van der Waals surface area contributed by atoms with Crippen molar-refractivity contribution in [2.45, 2.75) is 25.8 Å². The Morgan fingerprint density at radius 2 is 2.21 bits per heavy atom. The molecule has 3 N–H and O–H groups in total. The number of rotatable bonds is 4. The molecule has 0 radical (unpaired) electrons. The van der Waals surface area contributed by atoms with Crippen LogP contribution in [0, 0.1) is 0 Å². The number of nitrogens with two attached hydrogens (primary N) is 1. The summed E-state index contributed by atoms with van der Waals surface area (Å²) in [5, 5.41) is 9.66. The molecule has 0 saturated carbocycles. The number of phenols is 1. The minimum atomic E-state index is -0.156. The van der Waals surface area contributed by atoms with Crippen molar-refractivity contribution in [1.82, 2.24) is 0 Å². The van der Waals surface area contributed by atoms with Gasteiger partial charge in [0.25, 0.3) is 0 Å². The number of methoxy groups -OCH3 is 1. The quantitative estimate of drug-likeness (QED) is 0.774. The van der Waals surface area contributed by atoms with Crippen LogP contribution in [-0.2, 0) is 0 Å². The first-order valence-corrected chi connectivity index (χ1v) is 4.82. The average Bonchev–Trinajstić information content (AvgIpc) is 2.17. The molecule has 0 aromatic heterocycles. The molecule has 0 aliphatic heterocycles. The van der Waals surface area contributed by atoms with Crippen molar-refractivity contribution in [2.75, 3.05) is 7.11 Å². The van der Waals surface area contributed by atoms with Gasteiger partial charge in [-0.2, -0.15) is 0 Å². The van der Waals surface area contributed by atoms with E-state index in [0.29, 0.717) is 11.3 Å². The van der Waals surface area contributed by atoms with Gasteiger partial charge in [0.2, 0.25) is 0 Å². The number of benzene rings is 1. The Hall–Kier alpha value is -1.22. The Kier molecular flexibility index (Phi) is 3.77. The first-order valence-electron chi connectivity index (χ1n) is 4.82. The van der Waals surface area contributed by atoms with Crippen LogP contribution < -0.4 is 10.5 Å². The molecular weight excluding hydrogens is 178 g/mol. The maximum Gasteiger partial charge on any atom is 0.127 e. The smallest absolute Gasteiger partial charge is 0.127 e. The average molecular weight is 195 g/mol. The Morgan fingerprint density at radius 1 is 1.50 bits per heavy atom. The fourth-order valence-corrected chi connectivity index (χ4v) is 1.54. The van der Waals surface area contributed by atoms with Gasteiger partial charge in [0.05, 0.1) is 12.7 Å². The van der Waals surface area contributed by atoms with Crippen LogP contribution in [0.15, 0.2) is 18.2 Å². The summed E-state index contributed by atoms with van der Waals surface area (Å²) < 4.78 is 5.15. The van der Waals surface area contributed by atoms with Gasteiger partial charge in [-0.05, 0) is 18.6 Å². The van der Waals surface area contributed by atoms with Crippen LogP contribution in [-0.4, -0.2) is 12.2 Å². The molecule has 0 amide bonds. The van der Waals surface area contributed by atoms with Crippen molar-refractivity contribution in [3.05, 3.63) is 23.8 Å². The van der Waals surface area contributed by atoms with E-state index < -0.39 is 0 Å². The zero-order chi connectivity index (χ0) is 10.6. The lowest BCUT2D eigenvalue weighted by atomic mass is 10.0. The Labute approximate surface area is 84.5 Å². The highest BCUT2D eigenvalue weighted by Gasteiger charge is 2.15. The zero-order valence-electron chi connectivity index (χ0n) is 8.66. The van der Waals surface area contributed by atoms with E-state index in [1.807, 2.05) is 6.07 Å². The van der Waals surface area contributed by atoms with Gasteiger partial charge in [0, 0.05) is 6.04 Å². The normalized spacial score (nSPS) is 12.5. The van der Waals surface area contributed by atoms with Gasteiger partial charge in [-0.3, -0.25) is 0 Å². The second-order valence-corrected chi connectivity index (χ2v) is 3.29. The van der Waals surface area contributed by atoms with Gasteiger partial charge < -0.3 is 15.6 Å². The van der Waals surface area contributed by atoms with Gasteiger partial charge in [-0.25, -0.2) is 0 Å². The lowest BCUT2D eigenvalue weighted by Gasteiger charge is -2.16. The minimum absolute atomic E-state index is 0.156. The molecule has 14 heavy (non-hydrogen) atoms. The molecule has 3 nitrogen and oxygen atoms in total. The first kappa shape index (κ1) is 10.9. The van der Waals surface area contributed by atoms with E-state index in [0.717, 1.165) is 12.8 Å². The molecule has 1 aromatic carbocycles. The number of ether oxygens (including phenoxy) is 1. The van der Waals surface area contributed by atoms with E-state index in [2.05, 4.69) is 6.92 Å². The van der Waals surface area contributed by atoms with Crippen LogP contribution in [0.5, 0.6) is 11.5 Å². The van der Waals surface area contributed by atoms with Crippen molar-refractivity contribution in [1.29, 1.82) is 0 Å². The van der Waals surface area contributed by atoms with Gasteiger partial charge in [0.15, 0.2) is 0 Å². The summed E-state index contributed by atoms with van der Waals surface area (Å²) in [4.78, 5) is 0. The molecule has 1 atom stereocenters. The lowest BCUT2D eigenvalue weighted by Crippen LogP contribution is -2.11. The molecule has 0 heterocycles. The van der Waals surface area contributed by atoms with Crippen molar-refractivity contribution in [2.24, 2.45) is 5.73 Å². The Morgan fingerprint density at radius 3 is 2.79 bits per heavy atom. The van der Waals surface area contributed by atoms with Crippen LogP contribution in [0.25, 0.3) is 0 Å². The number of hydrogen-bond donors (Lipinski definition) is 2. The van der Waals surface area contributed by atoms with Crippen LogP contribution >= 0.6 is 0 Å². The van der Waals surface area contributed by atoms with Crippen molar-refractivity contribution in [3.63, 3.8) is 0 Å². The molecule has 0 fully saturated rings. The fraction of sp³-hybridized carbons (Fsp3) is 0.455. The Balaban J connectivity index is 3.03. The molecule has 1 rings (SSSR count). The third-order valence-corrected chi connectivity index (χ3v) is 2.23. The standard InChI is InChI=1S/C11H17NO2/c1-3-5-8(12)11-9(13)6-4-7-10(11)14-2/h4,6-8,13H,3,5,12H2,1-2H3/t8-/m1/s1. The van der Waals surface area contributed by atoms with E-state index in [-0.39, 0.29) is 11.8 Å². The van der Waals surface area contributed by atoms with Crippen LogP contribution in [0.2, 0.25) is 0 Å². The molecule has 0 unspecified atom stereocenters. The number of aromatic hydroxyl groups is 1. The zero-order valence-corrected chi connectivity index (χ0v) is 8.66. The summed E-state index contributed by atoms with van der Waals surface area (Å²) in [5.41, 5.74) is 6.65. The maximum absolute atomic E-state index is 9.66. The number of hydrogen-bond acceptors (Lipinski definition) is 3. The van der Waals surface area contributed by atoms with E-state index in [1.165, 1.54) is 0 Å². The molecular formula is C11H17NO2. The van der Waals surface area contributed by atoms with E-state index >= 15 is 0 Å². The highest BCUT2D eigenvalue weighted by atomic mass is 16.5. The summed E-state index contributed by atoms with van der Waals surface area (Å²) in [5.74, 6) is 0.872. The van der Waals surface area contributed by atoms with Crippen molar-refractivity contribution in [3.8, 4) is 11.5 Å². The minimum Gasteiger partial charge on any atom is -0.507 e. The van der Waals surface area contributed by atoms with Crippen LogP contribution in [0.4, 0.5) is 0 Å². The predicted octanol–water partition coefficient (Wildman–Crippen LogP) is 2.20. The molecule has 0 saturated heterocycles. The first-order chi connectivity index (χ1) is 6.70. The summed E-state index contributed by atoms with van der Waals surface area (Å²) in [6.07, 6.45) is 1.83. The highest BCUT2D eigenvalue weighted by Crippen LogP contribution is 2.33. The molecule has 0 aliphatic rings. The third kappa shape index (κ3) is 2.17. The van der Waals surface area contributed by atoms with Gasteiger partial charge >= 0.3 is 0 Å². The van der Waals surface area contributed by atoms with Gasteiger partial charge in [-0.15, -0.1) is 0 Å². The summed E-state index contributed by atoms with van der Waals surface area (Å²) in [7, 11) is 1.58. The fourth-order valence-electron chi connectivity index (χ4n) is 1.54. The second kappa shape index (κ2) is 4.86. The molecule has 0 bridgehead atoms. The lowest BCUT2D eigenvalue weighted by molar-refractivity contribution is 0.391. The molecule has 0 aliphatic carbocycles. The summed E-state index contributed by atoms with van der Waals surface area (Å²) >= 11 is 0. The summed E-state index contributed by atoms with van der Waals surface area (Å²) in [6.45, 7) is 2.06. The van der Waals surface area contributed by atoms with Crippen molar-refractivity contribution < 1.29 is 9.84 Å². The third-order valence-electron chi connectivity index (χ3n) is 2.23. The molecule has 3 heteroatoms. The van der Waals surface area contributed by atoms with Crippen molar-refractivity contribution >= 4 is 0 Å². The maximum atomic E-state index is 9.66. The van der Waals surface area contributed by atoms with Crippen LogP contribution in [0.3, 0.4) is 0 Å². The SMILES string of the molecule is CCC[C@@H](N)c1c(O)cccc1OC. The van der Waals surface area contributed by atoms with Gasteiger partial charge in [-0.1, -0.05) is 19.4 Å². The van der Waals surface area contributed by atoms with E-state index in [4.69, 9.17) is 10.5 Å². The van der Waals surface area contributed by atoms with E-state index in [9.17, 15) is 5.11 Å². The Bertz CT molecular complexity index is 299. The predicted molar refractivity (Wildman–Crippen MR) is 56.5 cm³/mol. The largest absolute Gasteiger partial charge is 0.507 e. The number of phenolic OH excluding ortho intramolecular Hbond substituents is 1.